The molecule has 1 aromatic heterocycles. The molecule has 0 saturated carbocycles. The lowest BCUT2D eigenvalue weighted by atomic mass is 10.1. The number of carbonyl (C=O) groups excluding carboxylic acids is 1. The fraction of sp³-hybridized carbons (Fsp3) is 0. The zero-order valence-corrected chi connectivity index (χ0v) is 13.5. The van der Waals surface area contributed by atoms with Crippen molar-refractivity contribution in [3.8, 4) is 23.6 Å². The molecule has 0 fully saturated rings. The topological polar surface area (TPSA) is 98.8 Å². The number of benzene rings is 2. The van der Waals surface area contributed by atoms with E-state index in [1.165, 1.54) is 12.1 Å². The van der Waals surface area contributed by atoms with Gasteiger partial charge >= 0.3 is 0 Å². The van der Waals surface area contributed by atoms with E-state index in [2.05, 4.69) is 10.3 Å². The zero-order valence-electron chi connectivity index (χ0n) is 13.5. The highest BCUT2D eigenvalue weighted by molar-refractivity contribution is 6.06. The molecular weight excluding hydrogens is 328 g/mol. The lowest BCUT2D eigenvalue weighted by Crippen LogP contribution is -2.13. The molecule has 0 radical (unpaired) electrons. The number of aromatic nitrogens is 1. The van der Waals surface area contributed by atoms with E-state index in [-0.39, 0.29) is 11.1 Å². The van der Waals surface area contributed by atoms with Crippen LogP contribution in [-0.4, -0.2) is 10.9 Å². The molecule has 0 atom stereocenters. The van der Waals surface area contributed by atoms with Crippen LogP contribution in [0.25, 0.3) is 0 Å². The summed E-state index contributed by atoms with van der Waals surface area (Å²) in [5.41, 5.74) is 1.21. The van der Waals surface area contributed by atoms with Crippen LogP contribution >= 0.6 is 0 Å². The van der Waals surface area contributed by atoms with Crippen LogP contribution < -0.4 is 10.1 Å². The van der Waals surface area contributed by atoms with Crippen LogP contribution in [0.3, 0.4) is 0 Å². The Morgan fingerprint density at radius 3 is 2.54 bits per heavy atom. The lowest BCUT2D eigenvalue weighted by Gasteiger charge is -2.11. The second-order valence-electron chi connectivity index (χ2n) is 5.23. The predicted molar refractivity (Wildman–Crippen MR) is 94.6 cm³/mol. The van der Waals surface area contributed by atoms with Gasteiger partial charge in [0.1, 0.15) is 23.6 Å². The van der Waals surface area contributed by atoms with Crippen molar-refractivity contribution in [2.75, 3.05) is 5.32 Å². The number of hydrogen-bond donors (Lipinski definition) is 1. The first-order valence-corrected chi connectivity index (χ1v) is 7.64. The molecule has 1 N–H and O–H groups in total. The third kappa shape index (κ3) is 3.66. The normalized spacial score (nSPS) is 9.62. The van der Waals surface area contributed by atoms with Crippen LogP contribution in [0.2, 0.25) is 0 Å². The molecule has 6 nitrogen and oxygen atoms in total. The molecule has 6 heteroatoms. The molecule has 0 spiro atoms. The number of hydrogen-bond acceptors (Lipinski definition) is 5. The van der Waals surface area contributed by atoms with Crippen molar-refractivity contribution in [3.63, 3.8) is 0 Å². The number of anilines is 1. The summed E-state index contributed by atoms with van der Waals surface area (Å²) >= 11 is 0. The highest BCUT2D eigenvalue weighted by Crippen LogP contribution is 2.25. The Kier molecular flexibility index (Phi) is 4.88. The van der Waals surface area contributed by atoms with Gasteiger partial charge in [-0.3, -0.25) is 9.78 Å². The van der Waals surface area contributed by atoms with Crippen LogP contribution in [0, 0.1) is 22.7 Å². The maximum atomic E-state index is 12.6. The minimum Gasteiger partial charge on any atom is -0.455 e. The van der Waals surface area contributed by atoms with E-state index in [0.717, 1.165) is 0 Å². The van der Waals surface area contributed by atoms with Gasteiger partial charge in [-0.05, 0) is 42.5 Å². The van der Waals surface area contributed by atoms with Crippen molar-refractivity contribution in [2.45, 2.75) is 0 Å². The molecule has 1 amide bonds. The Morgan fingerprint density at radius 1 is 1.00 bits per heavy atom. The molecule has 0 aliphatic carbocycles. The number of amides is 1. The molecule has 124 valence electrons. The molecule has 0 saturated heterocycles. The number of nitriles is 2. The number of nitrogens with zero attached hydrogens (tertiary/aromatic N) is 3. The molecule has 0 aliphatic heterocycles. The van der Waals surface area contributed by atoms with E-state index in [1.807, 2.05) is 12.1 Å². The number of ether oxygens (including phenoxy) is 1. The van der Waals surface area contributed by atoms with E-state index < -0.39 is 5.91 Å². The Labute approximate surface area is 149 Å². The fourth-order valence-corrected chi connectivity index (χ4v) is 2.29. The van der Waals surface area contributed by atoms with Crippen molar-refractivity contribution < 1.29 is 9.53 Å². The SMILES string of the molecule is N#Cc1ccc(NC(=O)c2ccccc2Oc2cccnc2)cc1C#N. The van der Waals surface area contributed by atoms with Gasteiger partial charge in [0.15, 0.2) is 0 Å². The van der Waals surface area contributed by atoms with Crippen molar-refractivity contribution in [1.82, 2.24) is 4.98 Å². The predicted octanol–water partition coefficient (Wildman–Crippen LogP) is 3.87. The highest BCUT2D eigenvalue weighted by Gasteiger charge is 2.14. The average molecular weight is 340 g/mol. The quantitative estimate of drug-likeness (QED) is 0.777. The third-order valence-electron chi connectivity index (χ3n) is 3.51. The van der Waals surface area contributed by atoms with Gasteiger partial charge in [0, 0.05) is 11.9 Å². The molecule has 3 rings (SSSR count). The van der Waals surface area contributed by atoms with Gasteiger partial charge in [0.25, 0.3) is 5.91 Å². The fourth-order valence-electron chi connectivity index (χ4n) is 2.29. The van der Waals surface area contributed by atoms with Gasteiger partial charge in [-0.2, -0.15) is 10.5 Å². The summed E-state index contributed by atoms with van der Waals surface area (Å²) in [6.07, 6.45) is 3.18. The Bertz CT molecular complexity index is 1030. The van der Waals surface area contributed by atoms with E-state index in [4.69, 9.17) is 15.3 Å². The van der Waals surface area contributed by atoms with Crippen LogP contribution in [0.4, 0.5) is 5.69 Å². The average Bonchev–Trinajstić information content (AvgIpc) is 2.69. The van der Waals surface area contributed by atoms with E-state index >= 15 is 0 Å². The first-order chi connectivity index (χ1) is 12.7. The monoisotopic (exact) mass is 340 g/mol. The summed E-state index contributed by atoms with van der Waals surface area (Å²) in [5.74, 6) is 0.503. The van der Waals surface area contributed by atoms with Gasteiger partial charge in [-0.25, -0.2) is 0 Å². The summed E-state index contributed by atoms with van der Waals surface area (Å²) in [4.78, 5) is 16.6. The third-order valence-corrected chi connectivity index (χ3v) is 3.51. The molecule has 1 heterocycles. The summed E-state index contributed by atoms with van der Waals surface area (Å²) in [6.45, 7) is 0. The van der Waals surface area contributed by atoms with E-state index in [9.17, 15) is 4.79 Å². The molecule has 0 aliphatic rings. The van der Waals surface area contributed by atoms with Crippen LogP contribution in [0.5, 0.6) is 11.5 Å². The molecule has 0 unspecified atom stereocenters. The first kappa shape index (κ1) is 16.7. The maximum Gasteiger partial charge on any atom is 0.259 e. The molecule has 0 bridgehead atoms. The van der Waals surface area contributed by atoms with Gasteiger partial charge in [-0.1, -0.05) is 12.1 Å². The standard InChI is InChI=1S/C20H12N4O2/c21-11-14-7-8-16(10-15(14)12-22)24-20(25)18-5-1-2-6-19(18)26-17-4-3-9-23-13-17/h1-10,13H,(H,24,25). The van der Waals surface area contributed by atoms with Crippen LogP contribution in [0.15, 0.2) is 67.0 Å². The van der Waals surface area contributed by atoms with Gasteiger partial charge in [0.2, 0.25) is 0 Å². The summed E-state index contributed by atoms with van der Waals surface area (Å²) in [5, 5.41) is 20.8. The first-order valence-electron chi connectivity index (χ1n) is 7.64. The number of rotatable bonds is 4. The number of para-hydroxylation sites is 1. The van der Waals surface area contributed by atoms with Crippen LogP contribution in [-0.2, 0) is 0 Å². The van der Waals surface area contributed by atoms with Crippen molar-refractivity contribution in [2.24, 2.45) is 0 Å². The summed E-state index contributed by atoms with van der Waals surface area (Å²) in [6, 6.07) is 18.7. The Hall–Kier alpha value is -4.16. The highest BCUT2D eigenvalue weighted by atomic mass is 16.5. The van der Waals surface area contributed by atoms with E-state index in [1.54, 1.807) is 54.9 Å². The second-order valence-corrected chi connectivity index (χ2v) is 5.23. The van der Waals surface area contributed by atoms with Gasteiger partial charge in [0.05, 0.1) is 22.9 Å². The maximum absolute atomic E-state index is 12.6. The minimum atomic E-state index is -0.391. The minimum absolute atomic E-state index is 0.199. The Balaban J connectivity index is 1.85. The second kappa shape index (κ2) is 7.61. The smallest absolute Gasteiger partial charge is 0.259 e. The zero-order chi connectivity index (χ0) is 18.4. The molecule has 2 aromatic carbocycles. The summed E-state index contributed by atoms with van der Waals surface area (Å²) in [7, 11) is 0. The van der Waals surface area contributed by atoms with Gasteiger partial charge in [-0.15, -0.1) is 0 Å². The largest absolute Gasteiger partial charge is 0.455 e. The molecule has 3 aromatic rings. The number of nitrogens with one attached hydrogen (secondary N) is 1. The van der Waals surface area contributed by atoms with E-state index in [0.29, 0.717) is 22.7 Å². The molecular formula is C20H12N4O2. The van der Waals surface area contributed by atoms with Crippen LogP contribution in [0.1, 0.15) is 21.5 Å². The number of carbonyl (C=O) groups is 1. The van der Waals surface area contributed by atoms with Gasteiger partial charge < -0.3 is 10.1 Å². The molecule has 26 heavy (non-hydrogen) atoms. The number of pyridine rings is 1. The van der Waals surface area contributed by atoms with Crippen molar-refractivity contribution in [1.29, 1.82) is 10.5 Å². The van der Waals surface area contributed by atoms with Crippen molar-refractivity contribution in [3.05, 3.63) is 83.7 Å². The lowest BCUT2D eigenvalue weighted by molar-refractivity contribution is 0.102. The summed E-state index contributed by atoms with van der Waals surface area (Å²) < 4.78 is 5.73. The van der Waals surface area contributed by atoms with Crippen molar-refractivity contribution >= 4 is 11.6 Å². The Morgan fingerprint density at radius 2 is 1.81 bits per heavy atom.